The number of benzene rings is 1. The molecule has 3 heterocycles. The third-order valence-electron chi connectivity index (χ3n) is 5.87. The van der Waals surface area contributed by atoms with Crippen molar-refractivity contribution < 1.29 is 17.9 Å². The van der Waals surface area contributed by atoms with E-state index in [1.807, 2.05) is 18.5 Å². The number of fused-ring (bicyclic) bond motifs is 1. The average Bonchev–Trinajstić information content (AvgIpc) is 3.22. The van der Waals surface area contributed by atoms with E-state index in [0.717, 1.165) is 24.6 Å². The minimum Gasteiger partial charge on any atom is -0.495 e. The second kappa shape index (κ2) is 9.11. The van der Waals surface area contributed by atoms with E-state index in [1.165, 1.54) is 23.5 Å². The normalized spacial score (nSPS) is 15.2. The van der Waals surface area contributed by atoms with Gasteiger partial charge in [-0.1, -0.05) is 6.42 Å². The lowest BCUT2D eigenvalue weighted by atomic mass is 10.1. The van der Waals surface area contributed by atoms with Crippen molar-refractivity contribution in [2.75, 3.05) is 25.5 Å². The monoisotopic (exact) mass is 471 g/mol. The lowest BCUT2D eigenvalue weighted by Crippen LogP contribution is -2.35. The molecule has 0 aliphatic carbocycles. The quantitative estimate of drug-likeness (QED) is 0.587. The molecular formula is C23H29N5O4S. The highest BCUT2D eigenvalue weighted by Crippen LogP contribution is 2.31. The van der Waals surface area contributed by atoms with Crippen LogP contribution in [0.4, 0.5) is 5.69 Å². The number of aryl methyl sites for hydroxylation is 1. The molecule has 0 unspecified atom stereocenters. The van der Waals surface area contributed by atoms with Crippen LogP contribution in [0.25, 0.3) is 11.0 Å². The molecule has 176 valence electrons. The van der Waals surface area contributed by atoms with E-state index in [2.05, 4.69) is 15.4 Å². The number of aromatic nitrogens is 3. The van der Waals surface area contributed by atoms with Gasteiger partial charge in [0.25, 0.3) is 5.91 Å². The van der Waals surface area contributed by atoms with Gasteiger partial charge in [-0.25, -0.2) is 18.1 Å². The Morgan fingerprint density at radius 1 is 1.15 bits per heavy atom. The van der Waals surface area contributed by atoms with Crippen molar-refractivity contribution in [1.29, 1.82) is 0 Å². The fourth-order valence-electron chi connectivity index (χ4n) is 4.06. The molecular weight excluding hydrogens is 442 g/mol. The molecule has 0 saturated carbocycles. The number of carbonyl (C=O) groups is 1. The van der Waals surface area contributed by atoms with Crippen LogP contribution in [0.5, 0.6) is 5.75 Å². The summed E-state index contributed by atoms with van der Waals surface area (Å²) in [5, 5.41) is 7.93. The number of amides is 1. The highest BCUT2D eigenvalue weighted by atomic mass is 32.2. The summed E-state index contributed by atoms with van der Waals surface area (Å²) in [5.41, 5.74) is 1.94. The van der Waals surface area contributed by atoms with E-state index in [0.29, 0.717) is 35.7 Å². The smallest absolute Gasteiger partial charge is 0.257 e. The van der Waals surface area contributed by atoms with E-state index < -0.39 is 15.9 Å². The zero-order valence-electron chi connectivity index (χ0n) is 19.3. The van der Waals surface area contributed by atoms with Crippen LogP contribution in [0.3, 0.4) is 0 Å². The minimum absolute atomic E-state index is 0.129. The highest BCUT2D eigenvalue weighted by Gasteiger charge is 2.27. The Labute approximate surface area is 193 Å². The van der Waals surface area contributed by atoms with Crippen molar-refractivity contribution in [3.8, 4) is 5.75 Å². The second-order valence-corrected chi connectivity index (χ2v) is 10.4. The van der Waals surface area contributed by atoms with Crippen molar-refractivity contribution in [1.82, 2.24) is 19.1 Å². The molecule has 1 aromatic carbocycles. The van der Waals surface area contributed by atoms with E-state index >= 15 is 0 Å². The number of hydrogen-bond donors (Lipinski definition) is 1. The van der Waals surface area contributed by atoms with Gasteiger partial charge in [-0.05, 0) is 57.9 Å². The second-order valence-electron chi connectivity index (χ2n) is 8.50. The van der Waals surface area contributed by atoms with Gasteiger partial charge in [0.2, 0.25) is 10.0 Å². The molecule has 1 aliphatic heterocycles. The van der Waals surface area contributed by atoms with E-state index in [4.69, 9.17) is 4.74 Å². The Bertz CT molecular complexity index is 1290. The molecule has 0 bridgehead atoms. The first-order chi connectivity index (χ1) is 15.7. The summed E-state index contributed by atoms with van der Waals surface area (Å²) < 4.78 is 34.9. The first kappa shape index (κ1) is 23.2. The number of methoxy groups -OCH3 is 1. The van der Waals surface area contributed by atoms with Gasteiger partial charge in [0.1, 0.15) is 5.75 Å². The largest absolute Gasteiger partial charge is 0.495 e. The number of rotatable bonds is 6. The number of nitrogens with one attached hydrogen (secondary N) is 1. The Balaban J connectivity index is 1.66. The standard InChI is InChI=1S/C23H29N5O4S/c1-15(2)28-22-17(14-24-28)12-19(16(3)25-22)23(29)26-20-13-18(8-9-21(20)32-4)33(30,31)27-10-6-5-7-11-27/h8-9,12-15H,5-7,10-11H2,1-4H3,(H,26,29). The number of hydrogen-bond acceptors (Lipinski definition) is 6. The van der Waals surface area contributed by atoms with Crippen LogP contribution in [0, 0.1) is 6.92 Å². The zero-order valence-corrected chi connectivity index (χ0v) is 20.1. The van der Waals surface area contributed by atoms with E-state index in [9.17, 15) is 13.2 Å². The van der Waals surface area contributed by atoms with Crippen LogP contribution in [-0.2, 0) is 10.0 Å². The summed E-state index contributed by atoms with van der Waals surface area (Å²) in [6.07, 6.45) is 4.41. The van der Waals surface area contributed by atoms with Crippen LogP contribution in [0.2, 0.25) is 0 Å². The first-order valence-electron chi connectivity index (χ1n) is 11.1. The van der Waals surface area contributed by atoms with Crippen LogP contribution >= 0.6 is 0 Å². The van der Waals surface area contributed by atoms with Crippen LogP contribution < -0.4 is 10.1 Å². The van der Waals surface area contributed by atoms with Gasteiger partial charge in [0, 0.05) is 24.5 Å². The van der Waals surface area contributed by atoms with Crippen molar-refractivity contribution >= 4 is 32.7 Å². The fraction of sp³-hybridized carbons (Fsp3) is 0.435. The summed E-state index contributed by atoms with van der Waals surface area (Å²) in [4.78, 5) is 17.9. The number of piperidine rings is 1. The van der Waals surface area contributed by atoms with Gasteiger partial charge < -0.3 is 10.1 Å². The molecule has 0 spiro atoms. The van der Waals surface area contributed by atoms with Gasteiger partial charge in [-0.2, -0.15) is 9.40 Å². The lowest BCUT2D eigenvalue weighted by Gasteiger charge is -2.26. The van der Waals surface area contributed by atoms with Gasteiger partial charge >= 0.3 is 0 Å². The van der Waals surface area contributed by atoms with Crippen molar-refractivity contribution in [2.45, 2.75) is 51.0 Å². The van der Waals surface area contributed by atoms with Crippen LogP contribution in [-0.4, -0.2) is 53.6 Å². The number of nitrogens with zero attached hydrogens (tertiary/aromatic N) is 4. The molecule has 0 radical (unpaired) electrons. The molecule has 1 saturated heterocycles. The molecule has 2 aromatic heterocycles. The number of sulfonamides is 1. The van der Waals surface area contributed by atoms with Crippen LogP contribution in [0.1, 0.15) is 55.2 Å². The predicted octanol–water partition coefficient (Wildman–Crippen LogP) is 3.76. The first-order valence-corrected chi connectivity index (χ1v) is 12.5. The SMILES string of the molecule is COc1ccc(S(=O)(=O)N2CCCCC2)cc1NC(=O)c1cc2cnn(C(C)C)c2nc1C. The maximum Gasteiger partial charge on any atom is 0.257 e. The lowest BCUT2D eigenvalue weighted by molar-refractivity contribution is 0.102. The molecule has 1 amide bonds. The Morgan fingerprint density at radius 2 is 1.88 bits per heavy atom. The maximum absolute atomic E-state index is 13.2. The van der Waals surface area contributed by atoms with Gasteiger partial charge in [-0.3, -0.25) is 4.79 Å². The molecule has 1 aliphatic rings. The Morgan fingerprint density at radius 3 is 2.55 bits per heavy atom. The summed E-state index contributed by atoms with van der Waals surface area (Å²) in [5.74, 6) is -0.0229. The molecule has 1 fully saturated rings. The fourth-order valence-corrected chi connectivity index (χ4v) is 5.61. The zero-order chi connectivity index (χ0) is 23.8. The molecule has 10 heteroatoms. The Hall–Kier alpha value is -2.98. The number of pyridine rings is 1. The van der Waals surface area contributed by atoms with Gasteiger partial charge in [0.15, 0.2) is 5.65 Å². The highest BCUT2D eigenvalue weighted by molar-refractivity contribution is 7.89. The van der Waals surface area contributed by atoms with E-state index in [-0.39, 0.29) is 16.6 Å². The molecule has 3 aromatic rings. The molecule has 9 nitrogen and oxygen atoms in total. The van der Waals surface area contributed by atoms with Crippen molar-refractivity contribution in [2.24, 2.45) is 0 Å². The number of ether oxygens (including phenoxy) is 1. The number of anilines is 1. The minimum atomic E-state index is -3.65. The summed E-state index contributed by atoms with van der Waals surface area (Å²) in [6.45, 7) is 6.80. The third kappa shape index (κ3) is 4.45. The Kier molecular flexibility index (Phi) is 6.40. The maximum atomic E-state index is 13.2. The van der Waals surface area contributed by atoms with Crippen molar-refractivity contribution in [3.05, 3.63) is 41.7 Å². The molecule has 4 rings (SSSR count). The molecule has 33 heavy (non-hydrogen) atoms. The summed E-state index contributed by atoms with van der Waals surface area (Å²) in [6, 6.07) is 6.42. The topological polar surface area (TPSA) is 106 Å². The number of carbonyl (C=O) groups excluding carboxylic acids is 1. The average molecular weight is 472 g/mol. The molecule has 1 N–H and O–H groups in total. The van der Waals surface area contributed by atoms with Gasteiger partial charge in [-0.15, -0.1) is 0 Å². The third-order valence-corrected chi connectivity index (χ3v) is 7.76. The van der Waals surface area contributed by atoms with E-state index in [1.54, 1.807) is 25.3 Å². The van der Waals surface area contributed by atoms with Gasteiger partial charge in [0.05, 0.1) is 35.1 Å². The summed E-state index contributed by atoms with van der Waals surface area (Å²) in [7, 11) is -2.17. The van der Waals surface area contributed by atoms with Crippen LogP contribution in [0.15, 0.2) is 35.4 Å². The predicted molar refractivity (Wildman–Crippen MR) is 126 cm³/mol. The summed E-state index contributed by atoms with van der Waals surface area (Å²) >= 11 is 0. The molecule has 0 atom stereocenters. The van der Waals surface area contributed by atoms with Crippen molar-refractivity contribution in [3.63, 3.8) is 0 Å².